The normalized spacial score (nSPS) is 30.0. The van der Waals surface area contributed by atoms with Crippen molar-refractivity contribution < 1.29 is 0 Å². The molecule has 3 saturated heterocycles. The largest absolute Gasteiger partial charge is 0.369 e. The molecule has 0 spiro atoms. The third-order valence-electron chi connectivity index (χ3n) is 5.50. The number of fused-ring (bicyclic) bond motifs is 4. The van der Waals surface area contributed by atoms with Crippen LogP contribution < -0.4 is 0 Å². The van der Waals surface area contributed by atoms with Crippen LogP contribution in [0.4, 0.5) is 0 Å². The Labute approximate surface area is 134 Å². The quantitative estimate of drug-likeness (QED) is 0.824. The summed E-state index contributed by atoms with van der Waals surface area (Å²) in [6, 6.07) is 7.55. The Balaban J connectivity index is 0.00000132. The van der Waals surface area contributed by atoms with Crippen LogP contribution in [0, 0.1) is 5.92 Å². The van der Waals surface area contributed by atoms with E-state index in [1.54, 1.807) is 0 Å². The third-order valence-corrected chi connectivity index (χ3v) is 5.50. The van der Waals surface area contributed by atoms with Crippen molar-refractivity contribution in [3.63, 3.8) is 0 Å². The van der Waals surface area contributed by atoms with Crippen LogP contribution in [0.15, 0.2) is 24.4 Å². The van der Waals surface area contributed by atoms with E-state index in [9.17, 15) is 0 Å². The number of hydrogen-bond acceptors (Lipinski definition) is 2. The molecule has 1 unspecified atom stereocenters. The van der Waals surface area contributed by atoms with Gasteiger partial charge in [0, 0.05) is 25.3 Å². The number of hydrogen-bond donors (Lipinski definition) is 0. The standard InChI is InChI=1S/C18H24N2.ClH/c1-2-14-4-3-5-16-12-20(11-8-17(14)16)18-13-19-9-6-15(18)7-10-19;/h3-5,8,11,15,18H,2,6-7,9-10,12-13H2,1H3;1H. The zero-order chi connectivity index (χ0) is 13.5. The molecule has 4 aliphatic rings. The van der Waals surface area contributed by atoms with E-state index in [0.29, 0.717) is 0 Å². The van der Waals surface area contributed by atoms with Gasteiger partial charge in [-0.1, -0.05) is 25.1 Å². The molecule has 3 heteroatoms. The number of aryl methyl sites for hydroxylation is 1. The first-order chi connectivity index (χ1) is 9.85. The van der Waals surface area contributed by atoms with Gasteiger partial charge in [0.15, 0.2) is 0 Å². The summed E-state index contributed by atoms with van der Waals surface area (Å²) in [6.07, 6.45) is 8.66. The highest BCUT2D eigenvalue weighted by molar-refractivity contribution is 5.85. The van der Waals surface area contributed by atoms with Crippen LogP contribution in [0.25, 0.3) is 6.08 Å². The second kappa shape index (κ2) is 6.02. The van der Waals surface area contributed by atoms with Gasteiger partial charge in [-0.05, 0) is 61.0 Å². The minimum Gasteiger partial charge on any atom is -0.369 e. The van der Waals surface area contributed by atoms with Gasteiger partial charge >= 0.3 is 0 Å². The maximum absolute atomic E-state index is 2.65. The van der Waals surface area contributed by atoms with E-state index in [4.69, 9.17) is 0 Å². The molecule has 1 atom stereocenters. The minimum atomic E-state index is 0. The molecule has 0 N–H and O–H groups in total. The highest BCUT2D eigenvalue weighted by Gasteiger charge is 2.37. The van der Waals surface area contributed by atoms with Crippen molar-refractivity contribution >= 4 is 18.5 Å². The van der Waals surface area contributed by atoms with Crippen LogP contribution in [-0.4, -0.2) is 35.5 Å². The molecule has 21 heavy (non-hydrogen) atoms. The molecule has 1 aromatic carbocycles. The van der Waals surface area contributed by atoms with Crippen LogP contribution >= 0.6 is 12.4 Å². The van der Waals surface area contributed by atoms with E-state index in [1.165, 1.54) is 49.2 Å². The number of benzene rings is 1. The monoisotopic (exact) mass is 304 g/mol. The number of halogens is 1. The van der Waals surface area contributed by atoms with E-state index in [2.05, 4.69) is 47.2 Å². The van der Waals surface area contributed by atoms with Crippen molar-refractivity contribution in [3.05, 3.63) is 41.1 Å². The summed E-state index contributed by atoms with van der Waals surface area (Å²) in [4.78, 5) is 5.26. The highest BCUT2D eigenvalue weighted by atomic mass is 35.5. The van der Waals surface area contributed by atoms with Gasteiger partial charge in [-0.3, -0.25) is 0 Å². The van der Waals surface area contributed by atoms with Crippen LogP contribution in [0.2, 0.25) is 0 Å². The molecule has 0 aromatic heterocycles. The van der Waals surface area contributed by atoms with Gasteiger partial charge in [-0.15, -0.1) is 12.4 Å². The van der Waals surface area contributed by atoms with Gasteiger partial charge in [-0.25, -0.2) is 0 Å². The maximum Gasteiger partial charge on any atom is 0.0444 e. The second-order valence-corrected chi connectivity index (χ2v) is 6.54. The number of rotatable bonds is 2. The molecule has 2 nitrogen and oxygen atoms in total. The fourth-order valence-electron chi connectivity index (χ4n) is 4.28. The SMILES string of the molecule is CCc1cccc2c1C=CN(C1CN3CCC1CC3)C2.Cl. The molecule has 0 saturated carbocycles. The first-order valence-electron chi connectivity index (χ1n) is 8.12. The van der Waals surface area contributed by atoms with Crippen molar-refractivity contribution in [1.82, 2.24) is 9.80 Å². The van der Waals surface area contributed by atoms with Crippen molar-refractivity contribution in [2.24, 2.45) is 5.92 Å². The van der Waals surface area contributed by atoms with Gasteiger partial charge in [0.05, 0.1) is 0 Å². The Morgan fingerprint density at radius 3 is 2.67 bits per heavy atom. The molecule has 4 heterocycles. The minimum absolute atomic E-state index is 0. The molecule has 4 aliphatic heterocycles. The van der Waals surface area contributed by atoms with E-state index in [1.807, 2.05) is 0 Å². The fraction of sp³-hybridized carbons (Fsp3) is 0.556. The van der Waals surface area contributed by atoms with Crippen molar-refractivity contribution in [1.29, 1.82) is 0 Å². The Morgan fingerprint density at radius 1 is 1.19 bits per heavy atom. The summed E-state index contributed by atoms with van der Waals surface area (Å²) in [5.41, 5.74) is 4.49. The molecule has 2 bridgehead atoms. The Morgan fingerprint density at radius 2 is 2.00 bits per heavy atom. The van der Waals surface area contributed by atoms with E-state index in [-0.39, 0.29) is 12.4 Å². The predicted molar refractivity (Wildman–Crippen MR) is 90.6 cm³/mol. The van der Waals surface area contributed by atoms with Gasteiger partial charge in [0.25, 0.3) is 0 Å². The topological polar surface area (TPSA) is 6.48 Å². The molecular weight excluding hydrogens is 280 g/mol. The molecular formula is C18H25ClN2. The zero-order valence-corrected chi connectivity index (χ0v) is 13.6. The molecule has 0 aliphatic carbocycles. The van der Waals surface area contributed by atoms with E-state index < -0.39 is 0 Å². The van der Waals surface area contributed by atoms with Crippen molar-refractivity contribution in [3.8, 4) is 0 Å². The van der Waals surface area contributed by atoms with Gasteiger partial charge < -0.3 is 9.80 Å². The maximum atomic E-state index is 2.65. The molecule has 114 valence electrons. The summed E-state index contributed by atoms with van der Waals surface area (Å²) in [5, 5.41) is 0. The first-order valence-corrected chi connectivity index (χ1v) is 8.12. The van der Waals surface area contributed by atoms with Crippen LogP contribution in [0.3, 0.4) is 0 Å². The summed E-state index contributed by atoms with van der Waals surface area (Å²) in [6.45, 7) is 7.29. The lowest BCUT2D eigenvalue weighted by atomic mass is 9.82. The third kappa shape index (κ3) is 2.60. The smallest absolute Gasteiger partial charge is 0.0444 e. The van der Waals surface area contributed by atoms with Crippen molar-refractivity contribution in [2.45, 2.75) is 38.8 Å². The molecule has 0 radical (unpaired) electrons. The molecule has 5 rings (SSSR count). The zero-order valence-electron chi connectivity index (χ0n) is 12.8. The Hall–Kier alpha value is -0.990. The lowest BCUT2D eigenvalue weighted by Crippen LogP contribution is -2.56. The van der Waals surface area contributed by atoms with Gasteiger partial charge in [-0.2, -0.15) is 0 Å². The van der Waals surface area contributed by atoms with Gasteiger partial charge in [0.1, 0.15) is 0 Å². The molecule has 3 fully saturated rings. The van der Waals surface area contributed by atoms with E-state index >= 15 is 0 Å². The molecule has 1 aromatic rings. The lowest BCUT2D eigenvalue weighted by Gasteiger charge is -2.49. The summed E-state index contributed by atoms with van der Waals surface area (Å²) in [5.74, 6) is 0.917. The van der Waals surface area contributed by atoms with Crippen LogP contribution in [0.5, 0.6) is 0 Å². The number of piperidine rings is 3. The Bertz CT molecular complexity index is 532. The second-order valence-electron chi connectivity index (χ2n) is 6.54. The highest BCUT2D eigenvalue weighted by Crippen LogP contribution is 2.34. The van der Waals surface area contributed by atoms with Crippen molar-refractivity contribution in [2.75, 3.05) is 19.6 Å². The summed E-state index contributed by atoms with van der Waals surface area (Å²) in [7, 11) is 0. The summed E-state index contributed by atoms with van der Waals surface area (Å²) >= 11 is 0. The van der Waals surface area contributed by atoms with Gasteiger partial charge in [0.2, 0.25) is 0 Å². The first kappa shape index (κ1) is 14.9. The fourth-order valence-corrected chi connectivity index (χ4v) is 4.28. The van der Waals surface area contributed by atoms with Crippen LogP contribution in [0.1, 0.15) is 36.5 Å². The summed E-state index contributed by atoms with van der Waals surface area (Å²) < 4.78 is 0. The predicted octanol–water partition coefficient (Wildman–Crippen LogP) is 3.55. The van der Waals surface area contributed by atoms with Crippen LogP contribution in [-0.2, 0) is 13.0 Å². The van der Waals surface area contributed by atoms with E-state index in [0.717, 1.165) is 24.9 Å². The number of nitrogens with zero attached hydrogens (tertiary/aromatic N) is 2. The average molecular weight is 305 g/mol. The lowest BCUT2D eigenvalue weighted by molar-refractivity contribution is 0.0225. The Kier molecular flexibility index (Phi) is 4.28. The molecule has 0 amide bonds. The average Bonchev–Trinajstić information content (AvgIpc) is 2.54.